The number of hydrogen-bond acceptors (Lipinski definition) is 18. The lowest BCUT2D eigenvalue weighted by atomic mass is 9.89. The number of halogens is 5. The summed E-state index contributed by atoms with van der Waals surface area (Å²) in [7, 11) is 0. The second kappa shape index (κ2) is 40.4. The van der Waals surface area contributed by atoms with Crippen molar-refractivity contribution in [3.8, 4) is 22.3 Å². The van der Waals surface area contributed by atoms with E-state index in [-0.39, 0.29) is 19.3 Å². The molecule has 0 aliphatic heterocycles. The molecule has 596 valence electrons. The van der Waals surface area contributed by atoms with Gasteiger partial charge in [-0.05, 0) is 92.0 Å². The second-order valence-corrected chi connectivity index (χ2v) is 26.4. The summed E-state index contributed by atoms with van der Waals surface area (Å²) in [5.41, 5.74) is 13.7. The number of benzene rings is 5. The summed E-state index contributed by atoms with van der Waals surface area (Å²) in [6.07, 6.45) is -5.72. The number of H-pyrrole nitrogens is 1. The monoisotopic (exact) mass is 1550 g/mol. The third kappa shape index (κ3) is 24.7. The number of carboxylic acid groups (broad SMARTS) is 2. The topological polar surface area (TPSA) is 524 Å². The van der Waals surface area contributed by atoms with Gasteiger partial charge in [0.2, 0.25) is 70.8 Å². The van der Waals surface area contributed by atoms with Gasteiger partial charge in [0.1, 0.15) is 53.9 Å². The van der Waals surface area contributed by atoms with Gasteiger partial charge in [0.25, 0.3) is 0 Å². The number of nitrogens with two attached hydrogens (primary N) is 2. The number of aryl methyl sites for hydroxylation is 2. The van der Waals surface area contributed by atoms with Crippen molar-refractivity contribution in [2.24, 2.45) is 11.5 Å². The van der Waals surface area contributed by atoms with Gasteiger partial charge < -0.3 is 95.2 Å². The van der Waals surface area contributed by atoms with Crippen LogP contribution in [0.15, 0.2) is 110 Å². The van der Waals surface area contributed by atoms with E-state index in [2.05, 4.69) is 41.9 Å². The molecule has 1 aromatic heterocycles. The Morgan fingerprint density at radius 3 is 1.59 bits per heavy atom. The van der Waals surface area contributed by atoms with Crippen LogP contribution in [0.2, 0.25) is 0 Å². The molecule has 0 spiro atoms. The predicted molar refractivity (Wildman–Crippen MR) is 385 cm³/mol. The standard InChI is InChI=1S/C74H87F5N14O18/c1-7-41-13-9-11-15-46(41)43-22-18-40(19-23-43)27-51(68(106)87-50(64(81)102)26-39-16-20-42(21-17-39)45-14-10-8-12-35(45)2)88-69(107)52(29-56(100)101)89-70(108)53(33-94)90-71(109)62(37(4)95)92-73(111)74(6,30-47-57(75)59(77)61(79)60(78)58(47)76)93-72(110)63(38(5)96)91-54(97)32-83-67(105)49(24-25-55(98)99)86-65(103)36(3)85-66(104)48(80)28-44-31-82-34-84-44/h8-23,31,34,36-38,48-53,62-63,94-96H,7,24-30,32-33,80H2,1-6H3,(H2,81,102)(H,82,84)(H,83,105)(H,85,104)(H,86,103)(H,87,106)(H,88,107)(H,89,108)(H,90,109)(H,91,97)(H,92,111)(H,93,110)(H,98,99)(H,100,101)/t36-,37+,38+,48-,49-,50-,51-,52-,53-,62-,63-,74-/m0/s1. The lowest BCUT2D eigenvalue weighted by Crippen LogP contribution is -2.67. The number of carbonyl (C=O) groups excluding carboxylic acids is 11. The Morgan fingerprint density at radius 1 is 0.550 bits per heavy atom. The van der Waals surface area contributed by atoms with Gasteiger partial charge in [0.05, 0.1) is 44.1 Å². The SMILES string of the molecule is CCc1ccccc1-c1ccc(C[C@H](NC(=O)[C@H](CC(=O)O)NC(=O)[C@H](CO)NC(=O)[C@@H](NC(=O)[C@](C)(Cc2c(F)c(F)c(F)c(F)c2F)NC(=O)[C@@H](NC(=O)CNC(=O)[C@H](CCC(=O)O)NC(=O)[C@H](C)NC(=O)[C@@H](N)Cc2cnc[nH]2)[C@@H](C)O)[C@@H](C)O)C(=O)N[C@@H](Cc2ccc(-c3ccccc3C)cc2)C(N)=O)cc1. The highest BCUT2D eigenvalue weighted by Gasteiger charge is 2.44. The van der Waals surface area contributed by atoms with Crippen molar-refractivity contribution in [1.82, 2.24) is 63.1 Å². The number of hydrogen-bond donors (Lipinski definition) is 18. The highest BCUT2D eigenvalue weighted by molar-refractivity contribution is 6.00. The predicted octanol–water partition coefficient (Wildman–Crippen LogP) is -0.624. The molecule has 0 fully saturated rings. The van der Waals surface area contributed by atoms with E-state index in [0.29, 0.717) is 30.2 Å². The third-order valence-electron chi connectivity index (χ3n) is 17.7. The summed E-state index contributed by atoms with van der Waals surface area (Å²) in [6, 6.07) is 12.4. The molecule has 5 aromatic carbocycles. The molecule has 0 radical (unpaired) electrons. The highest BCUT2D eigenvalue weighted by atomic mass is 19.2. The summed E-state index contributed by atoms with van der Waals surface area (Å²) < 4.78 is 75.1. The van der Waals surface area contributed by atoms with Gasteiger partial charge in [0.15, 0.2) is 23.3 Å². The number of nitrogens with zero attached hydrogens (tertiary/aromatic N) is 1. The van der Waals surface area contributed by atoms with E-state index < -0.39 is 223 Å². The molecular formula is C74H87F5N14O18. The van der Waals surface area contributed by atoms with Crippen LogP contribution < -0.4 is 64.6 Å². The summed E-state index contributed by atoms with van der Waals surface area (Å²) >= 11 is 0. The molecule has 0 saturated heterocycles. The van der Waals surface area contributed by atoms with Crippen LogP contribution in [0.5, 0.6) is 0 Å². The Balaban J connectivity index is 1.20. The van der Waals surface area contributed by atoms with Crippen LogP contribution in [-0.2, 0) is 94.4 Å². The van der Waals surface area contributed by atoms with E-state index >= 15 is 8.78 Å². The number of carbonyl (C=O) groups is 13. The second-order valence-electron chi connectivity index (χ2n) is 26.4. The van der Waals surface area contributed by atoms with Gasteiger partial charge in [-0.25, -0.2) is 26.9 Å². The van der Waals surface area contributed by atoms with Crippen molar-refractivity contribution in [1.29, 1.82) is 0 Å². The van der Waals surface area contributed by atoms with Gasteiger partial charge in [-0.3, -0.25) is 62.3 Å². The van der Waals surface area contributed by atoms with E-state index in [1.807, 2.05) is 83.6 Å². The number of imidazole rings is 1. The van der Waals surface area contributed by atoms with Gasteiger partial charge in [0, 0.05) is 49.6 Å². The maximum absolute atomic E-state index is 15.6. The molecule has 111 heavy (non-hydrogen) atoms. The first-order valence-corrected chi connectivity index (χ1v) is 34.6. The molecule has 12 atom stereocenters. The lowest BCUT2D eigenvalue weighted by molar-refractivity contribution is -0.142. The fourth-order valence-electron chi connectivity index (χ4n) is 11.5. The molecule has 0 aliphatic carbocycles. The molecule has 0 aliphatic rings. The number of aliphatic carboxylic acids is 2. The van der Waals surface area contributed by atoms with Crippen molar-refractivity contribution in [2.45, 2.75) is 165 Å². The first kappa shape index (κ1) is 87.8. The lowest BCUT2D eigenvalue weighted by Gasteiger charge is -2.34. The molecule has 37 heteroatoms. The molecule has 11 amide bonds. The van der Waals surface area contributed by atoms with Crippen molar-refractivity contribution in [2.75, 3.05) is 13.2 Å². The molecule has 0 unspecified atom stereocenters. The summed E-state index contributed by atoms with van der Waals surface area (Å²) in [5, 5.41) is 73.2. The maximum atomic E-state index is 15.6. The van der Waals surface area contributed by atoms with Gasteiger partial charge in [-0.2, -0.15) is 0 Å². The Bertz CT molecular complexity index is 4360. The number of amides is 11. The quantitative estimate of drug-likeness (QED) is 0.0129. The van der Waals surface area contributed by atoms with E-state index in [9.17, 15) is 101 Å². The molecule has 1 heterocycles. The molecule has 6 rings (SSSR count). The number of carboxylic acids is 2. The normalized spacial score (nSPS) is 14.7. The zero-order chi connectivity index (χ0) is 82.3. The van der Waals surface area contributed by atoms with Crippen LogP contribution in [0.1, 0.15) is 87.4 Å². The number of aliphatic hydroxyl groups is 3. The van der Waals surface area contributed by atoms with E-state index in [4.69, 9.17) is 11.5 Å². The number of nitrogens with one attached hydrogen (secondary N) is 11. The van der Waals surface area contributed by atoms with Gasteiger partial charge >= 0.3 is 11.9 Å². The minimum atomic E-state index is -3.15. The van der Waals surface area contributed by atoms with Crippen LogP contribution in [0.4, 0.5) is 22.0 Å². The first-order valence-electron chi connectivity index (χ1n) is 34.6. The average Bonchev–Trinajstić information content (AvgIpc) is 1.01. The van der Waals surface area contributed by atoms with Crippen molar-refractivity contribution in [3.63, 3.8) is 0 Å². The van der Waals surface area contributed by atoms with Crippen LogP contribution in [0.3, 0.4) is 0 Å². The van der Waals surface area contributed by atoms with E-state index in [0.717, 1.165) is 47.2 Å². The fourth-order valence-corrected chi connectivity index (χ4v) is 11.5. The first-order chi connectivity index (χ1) is 52.4. The minimum Gasteiger partial charge on any atom is -0.481 e. The number of aromatic amines is 1. The van der Waals surface area contributed by atoms with E-state index in [1.54, 1.807) is 48.5 Å². The zero-order valence-electron chi connectivity index (χ0n) is 60.8. The van der Waals surface area contributed by atoms with Crippen molar-refractivity contribution < 1.29 is 110 Å². The number of primary amides is 1. The minimum absolute atomic E-state index is 0.0308. The van der Waals surface area contributed by atoms with Crippen LogP contribution in [0, 0.1) is 36.0 Å². The van der Waals surface area contributed by atoms with Crippen molar-refractivity contribution >= 4 is 76.9 Å². The van der Waals surface area contributed by atoms with Gasteiger partial charge in [-0.15, -0.1) is 0 Å². The fraction of sp³-hybridized carbons (Fsp3) is 0.378. The maximum Gasteiger partial charge on any atom is 0.305 e. The molecule has 0 saturated carbocycles. The Labute approximate surface area is 631 Å². The summed E-state index contributed by atoms with van der Waals surface area (Å²) in [5.74, 6) is -30.7. The number of rotatable bonds is 40. The van der Waals surface area contributed by atoms with Gasteiger partial charge in [-0.1, -0.05) is 104 Å². The number of aromatic nitrogens is 2. The highest BCUT2D eigenvalue weighted by Crippen LogP contribution is 2.29. The summed E-state index contributed by atoms with van der Waals surface area (Å²) in [4.78, 5) is 182. The molecular weight excluding hydrogens is 1470 g/mol. The Hall–Kier alpha value is -12.1. The van der Waals surface area contributed by atoms with Crippen LogP contribution in [-0.4, -0.2) is 198 Å². The largest absolute Gasteiger partial charge is 0.481 e. The Kier molecular flexibility index (Phi) is 31.9. The smallest absolute Gasteiger partial charge is 0.305 e. The van der Waals surface area contributed by atoms with Crippen LogP contribution in [0.25, 0.3) is 22.3 Å². The zero-order valence-corrected chi connectivity index (χ0v) is 60.8. The molecule has 20 N–H and O–H groups in total. The average molecular weight is 1560 g/mol. The molecule has 0 bridgehead atoms. The van der Waals surface area contributed by atoms with Crippen LogP contribution >= 0.6 is 0 Å². The third-order valence-corrected chi connectivity index (χ3v) is 17.7. The Morgan fingerprint density at radius 2 is 1.05 bits per heavy atom. The van der Waals surface area contributed by atoms with Crippen molar-refractivity contribution in [3.05, 3.63) is 172 Å². The molecule has 32 nitrogen and oxygen atoms in total. The summed E-state index contributed by atoms with van der Waals surface area (Å²) in [6.45, 7) is 4.75. The molecule has 6 aromatic rings. The van der Waals surface area contributed by atoms with E-state index in [1.165, 1.54) is 19.4 Å². The number of aliphatic hydroxyl groups excluding tert-OH is 3.